The van der Waals surface area contributed by atoms with E-state index in [4.69, 9.17) is 26.5 Å². The molecule has 2 aromatic carbocycles. The van der Waals surface area contributed by atoms with Gasteiger partial charge in [0.1, 0.15) is 14.3 Å². The SMILES string of the molecule is [2H]C1([2H])Oc2ccc(OC([2H])([2H])C3CNC([2H])([2H])C([2H])([2H])[C@@]3([2H])c3ccc(F)cc3)cc2O1. The Hall–Kier alpha value is -2.27. The highest BCUT2D eigenvalue weighted by Crippen LogP contribution is 2.36. The number of fused-ring (bicyclic) bond motifs is 1. The van der Waals surface area contributed by atoms with Crippen LogP contribution in [-0.2, 0) is 0 Å². The van der Waals surface area contributed by atoms with Gasteiger partial charge >= 0.3 is 0 Å². The van der Waals surface area contributed by atoms with E-state index in [1.54, 1.807) is 0 Å². The van der Waals surface area contributed by atoms with Gasteiger partial charge in [0.25, 0.3) is 0 Å². The van der Waals surface area contributed by atoms with Crippen molar-refractivity contribution in [3.8, 4) is 17.2 Å². The van der Waals surface area contributed by atoms with Crippen molar-refractivity contribution in [1.29, 1.82) is 0 Å². The number of hydrogen-bond acceptors (Lipinski definition) is 4. The summed E-state index contributed by atoms with van der Waals surface area (Å²) in [7, 11) is 0. The lowest BCUT2D eigenvalue weighted by molar-refractivity contribution is 0.173. The molecule has 2 aliphatic heterocycles. The maximum absolute atomic E-state index is 13.5. The highest BCUT2D eigenvalue weighted by molar-refractivity contribution is 5.46. The van der Waals surface area contributed by atoms with Crippen molar-refractivity contribution >= 4 is 0 Å². The van der Waals surface area contributed by atoms with Crippen LogP contribution in [0.25, 0.3) is 0 Å². The monoisotopic (exact) mass is 338 g/mol. The molecule has 1 unspecified atom stereocenters. The zero-order valence-corrected chi connectivity index (χ0v) is 12.4. The Morgan fingerprint density at radius 1 is 1.25 bits per heavy atom. The molecule has 2 aromatic rings. The van der Waals surface area contributed by atoms with Crippen LogP contribution in [0.2, 0.25) is 0 Å². The zero-order valence-electron chi connectivity index (χ0n) is 21.4. The average Bonchev–Trinajstić information content (AvgIpc) is 2.99. The van der Waals surface area contributed by atoms with Crippen LogP contribution in [0, 0.1) is 11.7 Å². The van der Waals surface area contributed by atoms with Gasteiger partial charge in [-0.3, -0.25) is 0 Å². The molecule has 4 rings (SSSR count). The van der Waals surface area contributed by atoms with E-state index in [1.165, 1.54) is 18.2 Å². The Labute approximate surface area is 153 Å². The van der Waals surface area contributed by atoms with Gasteiger partial charge in [-0.25, -0.2) is 4.39 Å². The van der Waals surface area contributed by atoms with E-state index < -0.39 is 50.3 Å². The lowest BCUT2D eigenvalue weighted by atomic mass is 9.81. The van der Waals surface area contributed by atoms with Crippen LogP contribution in [0.1, 0.15) is 30.2 Å². The molecule has 0 aromatic heterocycles. The number of halogens is 1. The third kappa shape index (κ3) is 3.17. The van der Waals surface area contributed by atoms with Crippen LogP contribution in [0.4, 0.5) is 4.39 Å². The number of ether oxygens (including phenoxy) is 3. The molecular formula is C19H20FNO3. The largest absolute Gasteiger partial charge is 0.493 e. The van der Waals surface area contributed by atoms with Gasteiger partial charge in [-0.15, -0.1) is 0 Å². The van der Waals surface area contributed by atoms with Crippen molar-refractivity contribution in [3.05, 3.63) is 53.8 Å². The second kappa shape index (κ2) is 6.69. The van der Waals surface area contributed by atoms with E-state index in [0.717, 1.165) is 24.3 Å². The Kier molecular flexibility index (Phi) is 2.29. The third-order valence-corrected chi connectivity index (χ3v) is 3.63. The number of rotatable bonds is 4. The molecule has 2 atom stereocenters. The molecule has 2 heterocycles. The summed E-state index contributed by atoms with van der Waals surface area (Å²) in [6.45, 7) is -8.28. The lowest BCUT2D eigenvalue weighted by Crippen LogP contribution is -2.38. The van der Waals surface area contributed by atoms with Crippen LogP contribution in [0.3, 0.4) is 0 Å². The zero-order chi connectivity index (χ0) is 24.4. The molecule has 0 aliphatic carbocycles. The maximum atomic E-state index is 13.5. The van der Waals surface area contributed by atoms with Crippen molar-refractivity contribution in [3.63, 3.8) is 0 Å². The van der Waals surface area contributed by atoms with Gasteiger partial charge < -0.3 is 19.5 Å². The van der Waals surface area contributed by atoms with Crippen LogP contribution in [0.5, 0.6) is 17.2 Å². The molecule has 1 N–H and O–H groups in total. The summed E-state index contributed by atoms with van der Waals surface area (Å²) in [5, 5.41) is 2.33. The van der Waals surface area contributed by atoms with Gasteiger partial charge in [0, 0.05) is 25.4 Å². The van der Waals surface area contributed by atoms with Gasteiger partial charge in [0.2, 0.25) is 6.75 Å². The molecule has 4 nitrogen and oxygen atoms in total. The fourth-order valence-electron chi connectivity index (χ4n) is 2.42. The molecule has 1 fully saturated rings. The first kappa shape index (κ1) is 8.21. The highest BCUT2D eigenvalue weighted by atomic mass is 19.1. The smallest absolute Gasteiger partial charge is 0.231 e. The Bertz CT molecular complexity index is 1070. The molecule has 1 saturated heterocycles. The average molecular weight is 338 g/mol. The number of nitrogens with one attached hydrogen (secondary N) is 1. The van der Waals surface area contributed by atoms with Gasteiger partial charge in [-0.1, -0.05) is 12.1 Å². The second-order valence-corrected chi connectivity index (χ2v) is 5.22. The summed E-state index contributed by atoms with van der Waals surface area (Å²) in [6.07, 6.45) is -2.96. The first-order chi connectivity index (χ1) is 15.1. The van der Waals surface area contributed by atoms with Crippen molar-refractivity contribution < 1.29 is 30.9 Å². The quantitative estimate of drug-likeness (QED) is 0.928. The van der Waals surface area contributed by atoms with Crippen molar-refractivity contribution in [2.75, 3.05) is 26.3 Å². The molecule has 5 heteroatoms. The van der Waals surface area contributed by atoms with E-state index in [0.29, 0.717) is 0 Å². The van der Waals surface area contributed by atoms with Gasteiger partial charge in [0.05, 0.1) is 9.30 Å². The minimum atomic E-state index is -2.96. The molecule has 0 spiro atoms. The van der Waals surface area contributed by atoms with Crippen molar-refractivity contribution in [1.82, 2.24) is 5.32 Å². The predicted octanol–water partition coefficient (Wildman–Crippen LogP) is 3.33. The summed E-state index contributed by atoms with van der Waals surface area (Å²) in [4.78, 5) is 0. The minimum absolute atomic E-state index is 0.0302. The van der Waals surface area contributed by atoms with Crippen LogP contribution >= 0.6 is 0 Å². The summed E-state index contributed by atoms with van der Waals surface area (Å²) in [5.41, 5.74) is -0.115. The summed E-state index contributed by atoms with van der Waals surface area (Å²) in [6, 6.07) is 8.08. The van der Waals surface area contributed by atoms with Crippen molar-refractivity contribution in [2.45, 2.75) is 12.3 Å². The fourth-order valence-corrected chi connectivity index (χ4v) is 2.42. The van der Waals surface area contributed by atoms with Crippen molar-refractivity contribution in [2.24, 2.45) is 5.92 Å². The highest BCUT2D eigenvalue weighted by Gasteiger charge is 2.27. The molecule has 0 bridgehead atoms. The number of piperidine rings is 1. The predicted molar refractivity (Wildman–Crippen MR) is 88.2 cm³/mol. The third-order valence-electron chi connectivity index (χ3n) is 3.63. The molecule has 0 saturated carbocycles. The van der Waals surface area contributed by atoms with Gasteiger partial charge in [-0.05, 0) is 48.6 Å². The second-order valence-electron chi connectivity index (χ2n) is 5.22. The molecule has 0 amide bonds. The van der Waals surface area contributed by atoms with Crippen LogP contribution in [0.15, 0.2) is 42.5 Å². The molecule has 0 radical (unpaired) electrons. The standard InChI is InChI=1S/C19H20FNO3/c20-15-3-1-13(2-4-15)17-7-8-21-10-14(17)11-22-16-5-6-18-19(9-16)24-12-23-18/h1-6,9,14,17,21H,7-8,10-12H2/t14?,17-/m0/s1/i7D2,8D2,11D2,12D2,17D. The maximum Gasteiger partial charge on any atom is 0.231 e. The Morgan fingerprint density at radius 3 is 2.96 bits per heavy atom. The molecular weight excluding hydrogens is 309 g/mol. The van der Waals surface area contributed by atoms with E-state index in [1.807, 2.05) is 0 Å². The Balaban J connectivity index is 1.73. The first-order valence-electron chi connectivity index (χ1n) is 11.8. The van der Waals surface area contributed by atoms with Crippen LogP contribution in [-0.4, -0.2) is 26.3 Å². The van der Waals surface area contributed by atoms with E-state index in [-0.39, 0.29) is 22.8 Å². The van der Waals surface area contributed by atoms with E-state index in [9.17, 15) is 4.39 Å². The number of benzene rings is 2. The summed E-state index contributed by atoms with van der Waals surface area (Å²) in [5.74, 6) is -4.81. The van der Waals surface area contributed by atoms with Gasteiger partial charge in [-0.2, -0.15) is 0 Å². The Morgan fingerprint density at radius 2 is 2.08 bits per heavy atom. The van der Waals surface area contributed by atoms with E-state index >= 15 is 0 Å². The summed E-state index contributed by atoms with van der Waals surface area (Å²) < 4.78 is 103. The molecule has 24 heavy (non-hydrogen) atoms. The van der Waals surface area contributed by atoms with Gasteiger partial charge in [0.15, 0.2) is 11.5 Å². The minimum Gasteiger partial charge on any atom is -0.493 e. The summed E-state index contributed by atoms with van der Waals surface area (Å²) >= 11 is 0. The first-order valence-corrected chi connectivity index (χ1v) is 7.31. The normalized spacial score (nSPS) is 37.9. The van der Waals surface area contributed by atoms with E-state index in [2.05, 4.69) is 5.32 Å². The molecule has 126 valence electrons. The van der Waals surface area contributed by atoms with Crippen LogP contribution < -0.4 is 19.5 Å². The fraction of sp³-hybridized carbons (Fsp3) is 0.368. The molecule has 2 aliphatic rings. The lowest BCUT2D eigenvalue weighted by Gasteiger charge is -2.32. The number of hydrogen-bond donors (Lipinski definition) is 1. The topological polar surface area (TPSA) is 39.7 Å².